The van der Waals surface area contributed by atoms with Gasteiger partial charge < -0.3 is 14.2 Å². The second-order valence-corrected chi connectivity index (χ2v) is 9.06. The van der Waals surface area contributed by atoms with Crippen LogP contribution >= 0.6 is 23.8 Å². The average Bonchev–Trinajstić information content (AvgIpc) is 3.57. The van der Waals surface area contributed by atoms with Crippen LogP contribution < -0.4 is 10.6 Å². The molecule has 0 aliphatic carbocycles. The molecule has 9 nitrogen and oxygen atoms in total. The molecule has 0 fully saturated rings. The van der Waals surface area contributed by atoms with Crippen LogP contribution in [0.2, 0.25) is 5.02 Å². The maximum absolute atomic E-state index is 12.7. The van der Waals surface area contributed by atoms with Gasteiger partial charge in [-0.2, -0.15) is 0 Å². The third kappa shape index (κ3) is 5.26. The van der Waals surface area contributed by atoms with Crippen LogP contribution in [0.4, 0.5) is 11.4 Å². The number of carbonyl (C=O) groups excluding carboxylic acids is 1. The van der Waals surface area contributed by atoms with Crippen LogP contribution in [0.5, 0.6) is 0 Å². The molecule has 5 aromatic rings. The van der Waals surface area contributed by atoms with Crippen LogP contribution in [0, 0.1) is 10.1 Å². The van der Waals surface area contributed by atoms with Gasteiger partial charge in [0.15, 0.2) is 16.5 Å². The number of halogens is 1. The molecule has 3 aromatic carbocycles. The summed E-state index contributed by atoms with van der Waals surface area (Å²) in [5.74, 6) is 0.0787. The zero-order valence-corrected chi connectivity index (χ0v) is 21.4. The second kappa shape index (κ2) is 10.4. The lowest BCUT2D eigenvalue weighted by atomic mass is 10.1. The fourth-order valence-electron chi connectivity index (χ4n) is 3.79. The molecule has 0 unspecified atom stereocenters. The molecule has 11 heteroatoms. The Morgan fingerprint density at radius 3 is 2.71 bits per heavy atom. The van der Waals surface area contributed by atoms with Crippen molar-refractivity contribution in [2.75, 3.05) is 5.32 Å². The summed E-state index contributed by atoms with van der Waals surface area (Å²) in [6.45, 7) is 2.07. The van der Waals surface area contributed by atoms with Gasteiger partial charge in [-0.3, -0.25) is 20.2 Å². The molecule has 0 saturated heterocycles. The van der Waals surface area contributed by atoms with E-state index in [1.165, 1.54) is 18.2 Å². The summed E-state index contributed by atoms with van der Waals surface area (Å²) in [4.78, 5) is 27.8. The van der Waals surface area contributed by atoms with Crippen molar-refractivity contribution in [2.24, 2.45) is 0 Å². The van der Waals surface area contributed by atoms with E-state index in [0.29, 0.717) is 39.1 Å². The molecule has 0 aliphatic rings. The van der Waals surface area contributed by atoms with E-state index >= 15 is 0 Å². The average molecular weight is 547 g/mol. The molecule has 38 heavy (non-hydrogen) atoms. The van der Waals surface area contributed by atoms with E-state index in [2.05, 4.69) is 22.5 Å². The monoisotopic (exact) mass is 546 g/mol. The third-order valence-electron chi connectivity index (χ3n) is 5.71. The number of aromatic nitrogens is 1. The summed E-state index contributed by atoms with van der Waals surface area (Å²) >= 11 is 11.7. The summed E-state index contributed by atoms with van der Waals surface area (Å²) in [7, 11) is 0. The first-order valence-corrected chi connectivity index (χ1v) is 12.3. The molecule has 2 N–H and O–H groups in total. The summed E-state index contributed by atoms with van der Waals surface area (Å²) in [5.41, 5.74) is 4.04. The number of carbonyl (C=O) groups is 1. The maximum atomic E-state index is 12.7. The Morgan fingerprint density at radius 1 is 1.08 bits per heavy atom. The number of oxazole rings is 1. The van der Waals surface area contributed by atoms with Crippen molar-refractivity contribution >= 4 is 57.3 Å². The van der Waals surface area contributed by atoms with Crippen molar-refractivity contribution in [2.45, 2.75) is 13.3 Å². The molecule has 0 bridgehead atoms. The number of rotatable bonds is 6. The third-order valence-corrected chi connectivity index (χ3v) is 6.25. The van der Waals surface area contributed by atoms with E-state index in [4.69, 9.17) is 32.7 Å². The number of furan rings is 1. The van der Waals surface area contributed by atoms with E-state index in [9.17, 15) is 14.9 Å². The number of nitro benzene ring substituents is 1. The van der Waals surface area contributed by atoms with Crippen LogP contribution in [-0.2, 0) is 6.42 Å². The lowest BCUT2D eigenvalue weighted by Gasteiger charge is -2.10. The van der Waals surface area contributed by atoms with E-state index in [1.54, 1.807) is 36.4 Å². The summed E-state index contributed by atoms with van der Waals surface area (Å²) in [5, 5.41) is 17.0. The van der Waals surface area contributed by atoms with Crippen molar-refractivity contribution in [3.63, 3.8) is 0 Å². The fourth-order valence-corrected chi connectivity index (χ4v) is 4.20. The minimum atomic E-state index is -0.584. The smallest absolute Gasteiger partial charge is 0.293 e. The van der Waals surface area contributed by atoms with Gasteiger partial charge in [0.05, 0.1) is 15.5 Å². The lowest BCUT2D eigenvalue weighted by Crippen LogP contribution is -2.33. The molecular formula is C27H19ClN4O5S. The maximum Gasteiger partial charge on any atom is 0.293 e. The fraction of sp³-hybridized carbons (Fsp3) is 0.0741. The van der Waals surface area contributed by atoms with Crippen LogP contribution in [0.3, 0.4) is 0 Å². The van der Waals surface area contributed by atoms with Gasteiger partial charge in [-0.05, 0) is 66.7 Å². The molecule has 0 saturated carbocycles. The number of benzene rings is 3. The van der Waals surface area contributed by atoms with E-state index in [0.717, 1.165) is 17.5 Å². The number of hydrogen-bond donors (Lipinski definition) is 2. The molecule has 2 heterocycles. The SMILES string of the molecule is CCc1ccc2oc(-c3cc(NC(=S)NC(=O)c4ccc(-c5cccc([N+](=O)[O-])c5)o4)ccc3Cl)nc2c1. The Bertz CT molecular complexity index is 1710. The highest BCUT2D eigenvalue weighted by atomic mass is 35.5. The number of nitro groups is 1. The van der Waals surface area contributed by atoms with Gasteiger partial charge in [-0.25, -0.2) is 4.98 Å². The van der Waals surface area contributed by atoms with Gasteiger partial charge in [0.25, 0.3) is 11.6 Å². The molecule has 2 aromatic heterocycles. The minimum Gasteiger partial charge on any atom is -0.451 e. The number of nitrogens with one attached hydrogen (secondary N) is 2. The molecule has 190 valence electrons. The van der Waals surface area contributed by atoms with Gasteiger partial charge in [0.1, 0.15) is 11.3 Å². The Morgan fingerprint density at radius 2 is 1.92 bits per heavy atom. The number of thiocarbonyl (C=S) groups is 1. The van der Waals surface area contributed by atoms with Crippen LogP contribution in [-0.4, -0.2) is 20.9 Å². The first kappa shape index (κ1) is 25.1. The lowest BCUT2D eigenvalue weighted by molar-refractivity contribution is -0.384. The van der Waals surface area contributed by atoms with E-state index in [1.807, 2.05) is 18.2 Å². The first-order chi connectivity index (χ1) is 18.3. The van der Waals surface area contributed by atoms with Crippen molar-refractivity contribution in [3.05, 3.63) is 99.3 Å². The molecule has 0 radical (unpaired) electrons. The Kier molecular flexibility index (Phi) is 6.91. The highest BCUT2D eigenvalue weighted by Crippen LogP contribution is 2.33. The van der Waals surface area contributed by atoms with Crippen molar-refractivity contribution in [1.29, 1.82) is 0 Å². The highest BCUT2D eigenvalue weighted by molar-refractivity contribution is 7.80. The molecule has 1 amide bonds. The number of amides is 1. The summed E-state index contributed by atoms with van der Waals surface area (Å²) in [6, 6.07) is 19.9. The molecule has 0 spiro atoms. The van der Waals surface area contributed by atoms with Crippen molar-refractivity contribution < 1.29 is 18.6 Å². The Hall–Kier alpha value is -4.54. The summed E-state index contributed by atoms with van der Waals surface area (Å²) < 4.78 is 11.5. The van der Waals surface area contributed by atoms with Gasteiger partial charge in [-0.15, -0.1) is 0 Å². The van der Waals surface area contributed by atoms with Gasteiger partial charge >= 0.3 is 0 Å². The Balaban J connectivity index is 1.29. The second-order valence-electron chi connectivity index (χ2n) is 8.25. The van der Waals surface area contributed by atoms with E-state index < -0.39 is 10.8 Å². The normalized spacial score (nSPS) is 10.9. The van der Waals surface area contributed by atoms with Gasteiger partial charge in [0, 0.05) is 23.4 Å². The van der Waals surface area contributed by atoms with Crippen LogP contribution in [0.15, 0.2) is 81.6 Å². The molecular weight excluding hydrogens is 528 g/mol. The quantitative estimate of drug-likeness (QED) is 0.132. The Labute approximate surface area is 226 Å². The van der Waals surface area contributed by atoms with Crippen molar-refractivity contribution in [3.8, 4) is 22.8 Å². The number of aryl methyl sites for hydroxylation is 1. The minimum absolute atomic E-state index is 0.00891. The predicted molar refractivity (Wildman–Crippen MR) is 148 cm³/mol. The van der Waals surface area contributed by atoms with E-state index in [-0.39, 0.29) is 16.6 Å². The number of nitrogens with zero attached hydrogens (tertiary/aromatic N) is 2. The largest absolute Gasteiger partial charge is 0.451 e. The summed E-state index contributed by atoms with van der Waals surface area (Å²) in [6.07, 6.45) is 0.884. The first-order valence-electron chi connectivity index (χ1n) is 11.5. The van der Waals surface area contributed by atoms with Crippen molar-refractivity contribution in [1.82, 2.24) is 10.3 Å². The van der Waals surface area contributed by atoms with Crippen LogP contribution in [0.1, 0.15) is 23.0 Å². The molecule has 0 atom stereocenters. The standard InChI is InChI=1S/C27H19ClN4O5S/c1-2-15-6-9-23-21(12-15)30-26(37-23)19-14-17(7-8-20(19)28)29-27(38)31-25(33)24-11-10-22(36-24)16-4-3-5-18(13-16)32(34)35/h3-14H,2H2,1H3,(H2,29,31,33,38). The topological polar surface area (TPSA) is 123 Å². The zero-order chi connectivity index (χ0) is 26.8. The van der Waals surface area contributed by atoms with Gasteiger partial charge in [-0.1, -0.05) is 36.7 Å². The number of hydrogen-bond acceptors (Lipinski definition) is 7. The predicted octanol–water partition coefficient (Wildman–Crippen LogP) is 7.01. The number of anilines is 1. The van der Waals surface area contributed by atoms with Gasteiger partial charge in [0.2, 0.25) is 5.89 Å². The molecule has 0 aliphatic heterocycles. The van der Waals surface area contributed by atoms with Crippen LogP contribution in [0.25, 0.3) is 33.9 Å². The zero-order valence-electron chi connectivity index (χ0n) is 19.9. The molecule has 5 rings (SSSR count). The highest BCUT2D eigenvalue weighted by Gasteiger charge is 2.17. The number of non-ortho nitro benzene ring substituents is 1. The number of fused-ring (bicyclic) bond motifs is 1.